The van der Waals surface area contributed by atoms with Crippen molar-refractivity contribution in [1.29, 1.82) is 0 Å². The number of rotatable bonds is 2. The van der Waals surface area contributed by atoms with Gasteiger partial charge in [-0.05, 0) is 18.3 Å². The highest BCUT2D eigenvalue weighted by molar-refractivity contribution is 6.32. The van der Waals surface area contributed by atoms with E-state index >= 15 is 0 Å². The van der Waals surface area contributed by atoms with Crippen LogP contribution in [0.2, 0.25) is 0 Å². The Labute approximate surface area is 73.2 Å². The summed E-state index contributed by atoms with van der Waals surface area (Å²) in [6.07, 6.45) is 2.84. The first-order valence-corrected chi connectivity index (χ1v) is 3.59. The molecule has 0 aromatic heterocycles. The van der Waals surface area contributed by atoms with Crippen LogP contribution >= 0.6 is 0 Å². The van der Waals surface area contributed by atoms with Gasteiger partial charge < -0.3 is 5.73 Å². The third kappa shape index (κ3) is 2.62. The molecule has 0 bridgehead atoms. The molecule has 0 aliphatic heterocycles. The lowest BCUT2D eigenvalue weighted by atomic mass is 9.99. The predicted molar refractivity (Wildman–Crippen MR) is 52.6 cm³/mol. The molecule has 0 spiro atoms. The van der Waals surface area contributed by atoms with Gasteiger partial charge in [0, 0.05) is 6.21 Å². The molecule has 3 heteroatoms. The van der Waals surface area contributed by atoms with Crippen LogP contribution in [0.3, 0.4) is 0 Å². The monoisotopic (exact) mass is 156 g/mol. The van der Waals surface area contributed by atoms with E-state index in [1.165, 1.54) is 12.4 Å². The van der Waals surface area contributed by atoms with Gasteiger partial charge in [-0.1, -0.05) is 23.7 Å². The Hall–Kier alpha value is -1.51. The smallest absolute Gasteiger partial charge is 0.117 e. The number of nitrogens with zero attached hydrogens (tertiary/aromatic N) is 1. The van der Waals surface area contributed by atoms with Crippen LogP contribution in [0.5, 0.6) is 0 Å². The summed E-state index contributed by atoms with van der Waals surface area (Å²) in [5.41, 5.74) is 6.48. The van der Waals surface area contributed by atoms with Crippen LogP contribution < -0.4 is 5.73 Å². The number of nitrogens with two attached hydrogens (primary N) is 1. The lowest BCUT2D eigenvalue weighted by molar-refractivity contribution is 1.53. The summed E-state index contributed by atoms with van der Waals surface area (Å²) in [6.45, 7) is 0. The number of allylic oxidation sites excluding steroid dienone is 1. The minimum Gasteiger partial charge on any atom is -0.405 e. The fraction of sp³-hybridized carbons (Fsp3) is 0. The molecule has 0 saturated carbocycles. The van der Waals surface area contributed by atoms with Crippen LogP contribution in [-0.4, -0.2) is 14.1 Å². The SMILES string of the molecule is [B]/C(C=Nc1ccccc1)=C\N. The van der Waals surface area contributed by atoms with Gasteiger partial charge in [-0.15, -0.1) is 0 Å². The van der Waals surface area contributed by atoms with Crippen molar-refractivity contribution in [2.24, 2.45) is 10.7 Å². The molecular weight excluding hydrogens is 147 g/mol. The Kier molecular flexibility index (Phi) is 3.14. The van der Waals surface area contributed by atoms with Crippen molar-refractivity contribution in [2.45, 2.75) is 0 Å². The summed E-state index contributed by atoms with van der Waals surface area (Å²) in [4.78, 5) is 4.08. The zero-order chi connectivity index (χ0) is 8.81. The largest absolute Gasteiger partial charge is 0.405 e. The minimum absolute atomic E-state index is 0.457. The lowest BCUT2D eigenvalue weighted by Gasteiger charge is -1.91. The lowest BCUT2D eigenvalue weighted by Crippen LogP contribution is -1.88. The molecule has 0 aliphatic carbocycles. The van der Waals surface area contributed by atoms with Crippen LogP contribution in [0.25, 0.3) is 0 Å². The van der Waals surface area contributed by atoms with E-state index in [4.69, 9.17) is 13.6 Å². The second-order valence-electron chi connectivity index (χ2n) is 2.26. The predicted octanol–water partition coefficient (Wildman–Crippen LogP) is 1.36. The molecular formula is C9H9BN2. The highest BCUT2D eigenvalue weighted by atomic mass is 14.7. The zero-order valence-electron chi connectivity index (χ0n) is 6.64. The van der Waals surface area contributed by atoms with Gasteiger partial charge >= 0.3 is 0 Å². The summed E-state index contributed by atoms with van der Waals surface area (Å²) in [6, 6.07) is 9.53. The van der Waals surface area contributed by atoms with Gasteiger partial charge in [0.15, 0.2) is 0 Å². The number of benzene rings is 1. The highest BCUT2D eigenvalue weighted by Crippen LogP contribution is 2.08. The average Bonchev–Trinajstić information content (AvgIpc) is 2.16. The van der Waals surface area contributed by atoms with E-state index in [2.05, 4.69) is 4.99 Å². The van der Waals surface area contributed by atoms with Crippen LogP contribution in [0, 0.1) is 0 Å². The van der Waals surface area contributed by atoms with Gasteiger partial charge in [-0.2, -0.15) is 0 Å². The quantitative estimate of drug-likeness (QED) is 0.509. The molecule has 2 N–H and O–H groups in total. The summed E-state index contributed by atoms with van der Waals surface area (Å²) in [7, 11) is 5.41. The second kappa shape index (κ2) is 4.39. The van der Waals surface area contributed by atoms with Gasteiger partial charge in [0.05, 0.1) is 5.69 Å². The zero-order valence-corrected chi connectivity index (χ0v) is 6.64. The van der Waals surface area contributed by atoms with Gasteiger partial charge in [-0.3, -0.25) is 4.99 Å². The van der Waals surface area contributed by atoms with E-state index in [1.54, 1.807) is 0 Å². The normalized spacial score (nSPS) is 12.2. The van der Waals surface area contributed by atoms with Crippen molar-refractivity contribution in [3.05, 3.63) is 42.0 Å². The minimum atomic E-state index is 0.457. The molecule has 0 saturated heterocycles. The van der Waals surface area contributed by atoms with Crippen molar-refractivity contribution < 1.29 is 0 Å². The molecule has 0 heterocycles. The van der Waals surface area contributed by atoms with E-state index in [0.717, 1.165) is 5.69 Å². The van der Waals surface area contributed by atoms with Crippen molar-refractivity contribution in [2.75, 3.05) is 0 Å². The Balaban J connectivity index is 2.70. The fourth-order valence-electron chi connectivity index (χ4n) is 0.706. The standard InChI is InChI=1S/C9H9BN2/c10-8(6-11)7-12-9-4-2-1-3-5-9/h1-7H,11H2/b8-6-,12-7?. The maximum absolute atomic E-state index is 5.41. The van der Waals surface area contributed by atoms with Crippen LogP contribution in [0.15, 0.2) is 47.0 Å². The van der Waals surface area contributed by atoms with Gasteiger partial charge in [0.25, 0.3) is 0 Å². The molecule has 58 valence electrons. The first-order valence-electron chi connectivity index (χ1n) is 3.59. The Bertz CT molecular complexity index is 291. The molecule has 12 heavy (non-hydrogen) atoms. The van der Waals surface area contributed by atoms with E-state index in [-0.39, 0.29) is 0 Å². The van der Waals surface area contributed by atoms with Gasteiger partial charge in [0.1, 0.15) is 7.85 Å². The fourth-order valence-corrected chi connectivity index (χ4v) is 0.706. The maximum atomic E-state index is 5.41. The Morgan fingerprint density at radius 2 is 2.00 bits per heavy atom. The molecule has 2 nitrogen and oxygen atoms in total. The first kappa shape index (κ1) is 8.59. The Morgan fingerprint density at radius 3 is 2.58 bits per heavy atom. The van der Waals surface area contributed by atoms with Crippen LogP contribution in [0.1, 0.15) is 0 Å². The number of aliphatic imine (C=N–C) groups is 1. The first-order chi connectivity index (χ1) is 5.83. The van der Waals surface area contributed by atoms with Crippen molar-refractivity contribution >= 4 is 19.7 Å². The number of para-hydroxylation sites is 1. The molecule has 0 amide bonds. The van der Waals surface area contributed by atoms with Crippen LogP contribution in [-0.2, 0) is 0 Å². The van der Waals surface area contributed by atoms with Gasteiger partial charge in [-0.25, -0.2) is 0 Å². The second-order valence-corrected chi connectivity index (χ2v) is 2.26. The number of hydrogen-bond acceptors (Lipinski definition) is 2. The molecule has 2 radical (unpaired) electrons. The van der Waals surface area contributed by atoms with E-state index in [9.17, 15) is 0 Å². The molecule has 1 aromatic rings. The highest BCUT2D eigenvalue weighted by Gasteiger charge is 1.83. The number of hydrogen-bond donors (Lipinski definition) is 1. The summed E-state index contributed by atoms with van der Waals surface area (Å²) >= 11 is 0. The average molecular weight is 156 g/mol. The molecule has 0 aliphatic rings. The molecule has 1 aromatic carbocycles. The molecule has 0 atom stereocenters. The van der Waals surface area contributed by atoms with Gasteiger partial charge in [0.2, 0.25) is 0 Å². The maximum Gasteiger partial charge on any atom is 0.117 e. The van der Waals surface area contributed by atoms with Crippen molar-refractivity contribution in [1.82, 2.24) is 0 Å². The molecule has 0 unspecified atom stereocenters. The van der Waals surface area contributed by atoms with E-state index in [0.29, 0.717) is 5.47 Å². The van der Waals surface area contributed by atoms with Crippen molar-refractivity contribution in [3.8, 4) is 0 Å². The topological polar surface area (TPSA) is 38.4 Å². The van der Waals surface area contributed by atoms with Crippen LogP contribution in [0.4, 0.5) is 5.69 Å². The summed E-state index contributed by atoms with van der Waals surface area (Å²) in [5, 5.41) is 0. The van der Waals surface area contributed by atoms with Crippen molar-refractivity contribution in [3.63, 3.8) is 0 Å². The summed E-state index contributed by atoms with van der Waals surface area (Å²) in [5.74, 6) is 0. The molecule has 1 rings (SSSR count). The molecule has 0 fully saturated rings. The Morgan fingerprint density at radius 1 is 1.33 bits per heavy atom. The third-order valence-electron chi connectivity index (χ3n) is 1.31. The summed E-state index contributed by atoms with van der Waals surface area (Å²) < 4.78 is 0. The third-order valence-corrected chi connectivity index (χ3v) is 1.31. The van der Waals surface area contributed by atoms with E-state index < -0.39 is 0 Å². The van der Waals surface area contributed by atoms with E-state index in [1.807, 2.05) is 30.3 Å².